The van der Waals surface area contributed by atoms with Gasteiger partial charge < -0.3 is 40.6 Å². The second kappa shape index (κ2) is 18.5. The predicted octanol–water partition coefficient (Wildman–Crippen LogP) is 2.97. The average molecular weight is 840 g/mol. The Balaban J connectivity index is 0.980. The molecule has 4 fully saturated rings. The molecule has 6 amide bonds. The third-order valence-corrected chi connectivity index (χ3v) is 12.3. The van der Waals surface area contributed by atoms with Gasteiger partial charge in [-0.1, -0.05) is 43.3 Å². The van der Waals surface area contributed by atoms with Crippen LogP contribution in [0.4, 0.5) is 10.5 Å². The van der Waals surface area contributed by atoms with Crippen molar-refractivity contribution in [2.45, 2.75) is 82.5 Å². The molecule has 0 saturated carbocycles. The van der Waals surface area contributed by atoms with Gasteiger partial charge in [-0.15, -0.1) is 0 Å². The zero-order valence-corrected chi connectivity index (χ0v) is 34.6. The van der Waals surface area contributed by atoms with Crippen LogP contribution in [-0.2, 0) is 38.2 Å². The Bertz CT molecular complexity index is 2140. The Morgan fingerprint density at radius 3 is 2.16 bits per heavy atom. The first-order chi connectivity index (χ1) is 29.4. The van der Waals surface area contributed by atoms with Gasteiger partial charge in [-0.2, -0.15) is 0 Å². The second-order valence-electron chi connectivity index (χ2n) is 16.0. The lowest BCUT2D eigenvalue weighted by molar-refractivity contribution is -0.179. The number of aromatic amines is 1. The van der Waals surface area contributed by atoms with Crippen LogP contribution in [0.3, 0.4) is 0 Å². The average Bonchev–Trinajstić information content (AvgIpc) is 4.08. The highest BCUT2D eigenvalue weighted by molar-refractivity contribution is 6.00. The van der Waals surface area contributed by atoms with Crippen molar-refractivity contribution in [3.8, 4) is 22.4 Å². The highest BCUT2D eigenvalue weighted by Crippen LogP contribution is 2.35. The number of benzene rings is 2. The van der Waals surface area contributed by atoms with Crippen molar-refractivity contribution in [1.29, 1.82) is 0 Å². The number of carbonyl (C=O) groups excluding carboxylic acids is 7. The van der Waals surface area contributed by atoms with Gasteiger partial charge in [-0.05, 0) is 86.2 Å². The minimum Gasteiger partial charge on any atom is -0.468 e. The number of anilines is 1. The number of rotatable bonds is 11. The number of hydrazine groups is 1. The van der Waals surface area contributed by atoms with E-state index in [0.29, 0.717) is 56.7 Å². The van der Waals surface area contributed by atoms with Crippen LogP contribution in [0.1, 0.15) is 70.2 Å². The number of nitrogens with two attached hydrogens (primary N) is 1. The molecule has 1 aromatic heterocycles. The number of nitrogens with one attached hydrogen (secondary N) is 3. The normalized spacial score (nSPS) is 22.6. The number of nitrogens with zero attached hydrogens (tertiary/aromatic N) is 5. The Morgan fingerprint density at radius 1 is 0.836 bits per heavy atom. The summed E-state index contributed by atoms with van der Waals surface area (Å²) in [6.07, 6.45) is 4.37. The van der Waals surface area contributed by atoms with Gasteiger partial charge in [0.25, 0.3) is 5.91 Å². The van der Waals surface area contributed by atoms with Gasteiger partial charge in [0.2, 0.25) is 23.6 Å². The van der Waals surface area contributed by atoms with E-state index in [0.717, 1.165) is 28.8 Å². The molecular weight excluding hydrogens is 787 g/mol. The summed E-state index contributed by atoms with van der Waals surface area (Å²) in [5.74, 6) is -3.24. The van der Waals surface area contributed by atoms with Crippen molar-refractivity contribution in [3.05, 3.63) is 60.6 Å². The third kappa shape index (κ3) is 8.80. The van der Waals surface area contributed by atoms with Crippen molar-refractivity contribution in [1.82, 2.24) is 35.1 Å². The van der Waals surface area contributed by atoms with Gasteiger partial charge >= 0.3 is 12.1 Å². The van der Waals surface area contributed by atoms with Gasteiger partial charge in [-0.3, -0.25) is 33.8 Å². The predicted molar refractivity (Wildman–Crippen MR) is 220 cm³/mol. The van der Waals surface area contributed by atoms with E-state index in [1.807, 2.05) is 36.4 Å². The fraction of sp³-hybridized carbons (Fsp3) is 0.488. The van der Waals surface area contributed by atoms with E-state index in [-0.39, 0.29) is 55.6 Å². The minimum absolute atomic E-state index is 0.0200. The summed E-state index contributed by atoms with van der Waals surface area (Å²) in [4.78, 5) is 104. The van der Waals surface area contributed by atoms with E-state index in [2.05, 4.69) is 25.3 Å². The van der Waals surface area contributed by atoms with Crippen LogP contribution in [0.25, 0.3) is 22.4 Å². The number of hydrogen-bond acceptors (Lipinski definition) is 11. The molecule has 61 heavy (non-hydrogen) atoms. The molecule has 0 bridgehead atoms. The van der Waals surface area contributed by atoms with Gasteiger partial charge in [-0.25, -0.2) is 14.8 Å². The van der Waals surface area contributed by atoms with E-state index in [1.165, 1.54) is 29.1 Å². The SMILES string of the molecule is COC(=O)N[C@H]1CCC(=O)N2CCC[C@@H](C(=O)N3CCC[C@H]3C(=O)Nc3ccc(-c4ccc(-c5cnc([C@@H]6CCCN6C(=O)[C@@H](C(=O)OC)C(C)CN)[nH]5)cc4)cc3)N2C1=O. The highest BCUT2D eigenvalue weighted by atomic mass is 16.5. The summed E-state index contributed by atoms with van der Waals surface area (Å²) in [6.45, 7) is 3.05. The molecule has 1 unspecified atom stereocenters. The van der Waals surface area contributed by atoms with E-state index in [4.69, 9.17) is 10.5 Å². The highest BCUT2D eigenvalue weighted by Gasteiger charge is 2.48. The van der Waals surface area contributed by atoms with Crippen LogP contribution < -0.4 is 16.4 Å². The van der Waals surface area contributed by atoms with Crippen molar-refractivity contribution >= 4 is 47.3 Å². The molecule has 0 aliphatic carbocycles. The number of hydrogen-bond donors (Lipinski definition) is 4. The van der Waals surface area contributed by atoms with Crippen molar-refractivity contribution in [3.63, 3.8) is 0 Å². The lowest BCUT2D eigenvalue weighted by Gasteiger charge is -2.44. The van der Waals surface area contributed by atoms with Crippen LogP contribution in [0, 0.1) is 11.8 Å². The molecule has 4 saturated heterocycles. The number of ether oxygens (including phenoxy) is 2. The third-order valence-electron chi connectivity index (χ3n) is 12.3. The molecule has 3 aromatic rings. The molecule has 2 aromatic carbocycles. The number of H-pyrrole nitrogens is 1. The Hall–Kier alpha value is -6.30. The van der Waals surface area contributed by atoms with Gasteiger partial charge in [0, 0.05) is 31.7 Å². The van der Waals surface area contributed by atoms with Crippen LogP contribution in [0.5, 0.6) is 0 Å². The molecule has 18 heteroatoms. The Labute approximate surface area is 353 Å². The summed E-state index contributed by atoms with van der Waals surface area (Å²) in [5, 5.41) is 7.95. The number of fused-ring (bicyclic) bond motifs is 1. The summed E-state index contributed by atoms with van der Waals surface area (Å²) in [6, 6.07) is 12.2. The van der Waals surface area contributed by atoms with Crippen molar-refractivity contribution in [2.75, 3.05) is 45.7 Å². The lowest BCUT2D eigenvalue weighted by atomic mass is 9.92. The van der Waals surface area contributed by atoms with E-state index in [1.54, 1.807) is 30.2 Å². The summed E-state index contributed by atoms with van der Waals surface area (Å²) in [7, 11) is 2.45. The Morgan fingerprint density at radius 2 is 1.48 bits per heavy atom. The number of alkyl carbamates (subject to hydrolysis) is 1. The maximum absolute atomic E-state index is 14.1. The van der Waals surface area contributed by atoms with E-state index in [9.17, 15) is 33.6 Å². The van der Waals surface area contributed by atoms with Crippen LogP contribution in [0.15, 0.2) is 54.7 Å². The van der Waals surface area contributed by atoms with Crippen LogP contribution in [-0.4, -0.2) is 130 Å². The molecule has 324 valence electrons. The first-order valence-corrected chi connectivity index (χ1v) is 20.9. The van der Waals surface area contributed by atoms with Crippen LogP contribution >= 0.6 is 0 Å². The molecule has 7 rings (SSSR count). The number of methoxy groups -OCH3 is 2. The van der Waals surface area contributed by atoms with Crippen LogP contribution in [0.2, 0.25) is 0 Å². The zero-order valence-electron chi connectivity index (χ0n) is 34.6. The van der Waals surface area contributed by atoms with Crippen molar-refractivity contribution in [2.24, 2.45) is 17.6 Å². The molecule has 0 spiro atoms. The monoisotopic (exact) mass is 839 g/mol. The first kappa shape index (κ1) is 42.8. The molecule has 5 N–H and O–H groups in total. The minimum atomic E-state index is -1.03. The number of esters is 1. The standard InChI is InChI=1S/C43H53N9O9/c1-25(23-44)36(42(58)60-2)41(57)49-20-4-7-32(49)37-45-24-31(47-37)28-12-10-26(11-13-28)27-14-16-29(17-15-27)46-38(54)33-8-5-21-50(33)40(56)34-9-6-22-51-35(53)19-18-30(39(55)52(34)51)48-43(59)61-3/h10-17,24-25,30,32-34,36H,4-9,18-23,44H2,1-3H3,(H,45,47)(H,46,54)(H,48,59)/t25?,30-,32-,33-,34-,36-/m0/s1. The molecule has 4 aliphatic rings. The summed E-state index contributed by atoms with van der Waals surface area (Å²) < 4.78 is 9.62. The number of carbonyl (C=O) groups is 7. The second-order valence-corrected chi connectivity index (χ2v) is 16.0. The molecule has 18 nitrogen and oxygen atoms in total. The summed E-state index contributed by atoms with van der Waals surface area (Å²) >= 11 is 0. The Kier molecular flexibility index (Phi) is 13.0. The molecule has 5 heterocycles. The molecular formula is C43H53N9O9. The van der Waals surface area contributed by atoms with Gasteiger partial charge in [0.05, 0.1) is 32.2 Å². The smallest absolute Gasteiger partial charge is 0.407 e. The number of imidazole rings is 1. The largest absolute Gasteiger partial charge is 0.468 e. The number of aromatic nitrogens is 2. The summed E-state index contributed by atoms with van der Waals surface area (Å²) in [5.41, 5.74) is 9.92. The van der Waals surface area contributed by atoms with Gasteiger partial charge in [0.1, 0.15) is 29.9 Å². The van der Waals surface area contributed by atoms with E-state index < -0.39 is 47.9 Å². The first-order valence-electron chi connectivity index (χ1n) is 20.9. The van der Waals surface area contributed by atoms with Gasteiger partial charge in [0.15, 0.2) is 0 Å². The van der Waals surface area contributed by atoms with E-state index >= 15 is 0 Å². The maximum Gasteiger partial charge on any atom is 0.407 e. The molecule has 0 radical (unpaired) electrons. The van der Waals surface area contributed by atoms with Crippen molar-refractivity contribution < 1.29 is 43.0 Å². The fourth-order valence-electron chi connectivity index (χ4n) is 8.89. The topological polar surface area (TPSA) is 230 Å². The maximum atomic E-state index is 14.1. The zero-order chi connectivity index (χ0) is 43.4. The quantitative estimate of drug-likeness (QED) is 0.162. The lowest BCUT2D eigenvalue weighted by Crippen LogP contribution is -2.64. The number of likely N-dealkylation sites (tertiary alicyclic amines) is 2. The molecule has 6 atom stereocenters. The molecule has 4 aliphatic heterocycles. The number of amides is 6. The fourth-order valence-corrected chi connectivity index (χ4v) is 8.89.